The van der Waals surface area contributed by atoms with Gasteiger partial charge in [0, 0.05) is 38.9 Å². The second-order valence-corrected chi connectivity index (χ2v) is 9.75. The Hall–Kier alpha value is -4.16. The molecule has 3 aliphatic rings. The number of hydrogen-bond donors (Lipinski definition) is 0. The molecule has 38 heavy (non-hydrogen) atoms. The second-order valence-electron chi connectivity index (χ2n) is 8.04. The van der Waals surface area contributed by atoms with Crippen LogP contribution in [0.15, 0.2) is 57.5 Å². The minimum atomic E-state index is -0.794. The normalized spacial score (nSPS) is 14.8. The maximum absolute atomic E-state index is 11.7. The lowest BCUT2D eigenvalue weighted by Gasteiger charge is -2.21. The third-order valence-corrected chi connectivity index (χ3v) is 7.42. The van der Waals surface area contributed by atoms with Gasteiger partial charge in [-0.15, -0.1) is 0 Å². The highest BCUT2D eigenvalue weighted by atomic mass is 79.9. The summed E-state index contributed by atoms with van der Waals surface area (Å²) < 4.78 is 15.5. The minimum absolute atomic E-state index is 0. The Bertz CT molecular complexity index is 1650. The van der Waals surface area contributed by atoms with Crippen LogP contribution in [0.25, 0.3) is 21.5 Å². The molecular formula is C26H8BBr2O9. The Morgan fingerprint density at radius 3 is 0.842 bits per heavy atom. The van der Waals surface area contributed by atoms with E-state index in [9.17, 15) is 28.8 Å². The molecule has 183 valence electrons. The number of halogens is 2. The third-order valence-electron chi connectivity index (χ3n) is 6.10. The summed E-state index contributed by atoms with van der Waals surface area (Å²) in [5.74, 6) is -4.37. The van der Waals surface area contributed by atoms with Gasteiger partial charge in [-0.05, 0) is 48.5 Å². The summed E-state index contributed by atoms with van der Waals surface area (Å²) >= 11 is 6.83. The first-order valence-electron chi connectivity index (χ1n) is 10.5. The van der Waals surface area contributed by atoms with Crippen LogP contribution in [0.4, 0.5) is 0 Å². The van der Waals surface area contributed by atoms with Gasteiger partial charge < -0.3 is 14.2 Å². The summed E-state index contributed by atoms with van der Waals surface area (Å²) in [6.45, 7) is 0. The van der Waals surface area contributed by atoms with Gasteiger partial charge in [0.15, 0.2) is 0 Å². The summed E-state index contributed by atoms with van der Waals surface area (Å²) in [6.07, 6.45) is 0. The van der Waals surface area contributed by atoms with Gasteiger partial charge in [0.1, 0.15) is 0 Å². The number of rotatable bonds is 0. The fourth-order valence-electron chi connectivity index (χ4n) is 4.51. The van der Waals surface area contributed by atoms with Gasteiger partial charge in [-0.2, -0.15) is 0 Å². The Labute approximate surface area is 230 Å². The maximum atomic E-state index is 11.7. The Morgan fingerprint density at radius 2 is 0.579 bits per heavy atom. The highest BCUT2D eigenvalue weighted by Crippen LogP contribution is 2.38. The van der Waals surface area contributed by atoms with Crippen LogP contribution in [0.5, 0.6) is 0 Å². The average molecular weight is 635 g/mol. The molecule has 7 rings (SSSR count). The van der Waals surface area contributed by atoms with E-state index >= 15 is 0 Å². The van der Waals surface area contributed by atoms with Crippen LogP contribution in [0.1, 0.15) is 62.1 Å². The van der Waals surface area contributed by atoms with Crippen molar-refractivity contribution >= 4 is 97.6 Å². The summed E-state index contributed by atoms with van der Waals surface area (Å²) in [5.41, 5.74) is 1.45. The molecule has 3 aliphatic heterocycles. The predicted octanol–water partition coefficient (Wildman–Crippen LogP) is 4.76. The minimum Gasteiger partial charge on any atom is -0.386 e. The molecule has 0 aromatic heterocycles. The zero-order chi connectivity index (χ0) is 26.2. The molecule has 0 aliphatic carbocycles. The van der Waals surface area contributed by atoms with Gasteiger partial charge in [-0.1, -0.05) is 31.9 Å². The van der Waals surface area contributed by atoms with Crippen LogP contribution in [-0.2, 0) is 14.2 Å². The lowest BCUT2D eigenvalue weighted by Crippen LogP contribution is -2.25. The van der Waals surface area contributed by atoms with Crippen LogP contribution >= 0.6 is 31.9 Å². The first-order chi connectivity index (χ1) is 17.7. The van der Waals surface area contributed by atoms with Crippen LogP contribution in [0.2, 0.25) is 0 Å². The molecule has 0 amide bonds. The smallest absolute Gasteiger partial charge is 0.346 e. The molecule has 0 saturated heterocycles. The first kappa shape index (κ1) is 25.5. The molecular weight excluding hydrogens is 627 g/mol. The number of benzene rings is 4. The average Bonchev–Trinajstić information content (AvgIpc) is 2.86. The van der Waals surface area contributed by atoms with E-state index in [1.165, 1.54) is 24.3 Å². The van der Waals surface area contributed by atoms with Gasteiger partial charge in [0.2, 0.25) is 0 Å². The molecule has 0 N–H and O–H groups in total. The fourth-order valence-corrected chi connectivity index (χ4v) is 5.87. The van der Waals surface area contributed by atoms with Crippen molar-refractivity contribution in [1.82, 2.24) is 0 Å². The summed E-state index contributed by atoms with van der Waals surface area (Å²) in [4.78, 5) is 70.2. The number of carbonyl (C=O) groups excluding carboxylic acids is 6. The van der Waals surface area contributed by atoms with Crippen LogP contribution in [-0.4, -0.2) is 44.2 Å². The number of ether oxygens (including phenoxy) is 3. The van der Waals surface area contributed by atoms with Gasteiger partial charge in [-0.3, -0.25) is 0 Å². The van der Waals surface area contributed by atoms with Gasteiger partial charge >= 0.3 is 35.8 Å². The van der Waals surface area contributed by atoms with Crippen LogP contribution in [0, 0.1) is 0 Å². The quantitative estimate of drug-likeness (QED) is 0.116. The van der Waals surface area contributed by atoms with E-state index in [4.69, 9.17) is 0 Å². The van der Waals surface area contributed by atoms with Crippen molar-refractivity contribution in [3.8, 4) is 0 Å². The molecule has 0 spiro atoms. The monoisotopic (exact) mass is 633 g/mol. The highest BCUT2D eigenvalue weighted by Gasteiger charge is 2.35. The molecule has 0 unspecified atom stereocenters. The molecule has 3 radical (unpaired) electrons. The van der Waals surface area contributed by atoms with E-state index in [0.29, 0.717) is 16.5 Å². The molecule has 3 heterocycles. The molecule has 0 bridgehead atoms. The highest BCUT2D eigenvalue weighted by molar-refractivity contribution is 9.11. The molecule has 9 nitrogen and oxygen atoms in total. The number of hydrogen-bond acceptors (Lipinski definition) is 9. The molecule has 0 saturated carbocycles. The zero-order valence-corrected chi connectivity index (χ0v) is 21.8. The number of cyclic esters (lactones) is 6. The summed E-state index contributed by atoms with van der Waals surface area (Å²) in [7, 11) is 0. The Balaban J connectivity index is 0.000000153. The number of esters is 6. The topological polar surface area (TPSA) is 130 Å². The van der Waals surface area contributed by atoms with E-state index in [1.54, 1.807) is 24.3 Å². The summed E-state index contributed by atoms with van der Waals surface area (Å²) in [6, 6.07) is 12.4. The van der Waals surface area contributed by atoms with Gasteiger partial charge in [0.25, 0.3) is 0 Å². The third kappa shape index (κ3) is 3.59. The zero-order valence-electron chi connectivity index (χ0n) is 18.6. The van der Waals surface area contributed by atoms with Gasteiger partial charge in [-0.25, -0.2) is 28.8 Å². The molecule has 0 fully saturated rings. The van der Waals surface area contributed by atoms with E-state index in [-0.39, 0.29) is 41.4 Å². The van der Waals surface area contributed by atoms with Crippen molar-refractivity contribution in [2.24, 2.45) is 0 Å². The second kappa shape index (κ2) is 9.00. The van der Waals surface area contributed by atoms with Crippen molar-refractivity contribution in [3.05, 3.63) is 90.9 Å². The van der Waals surface area contributed by atoms with E-state index in [2.05, 4.69) is 46.1 Å². The molecule has 4 aromatic rings. The van der Waals surface area contributed by atoms with E-state index in [0.717, 1.165) is 14.3 Å². The SMILES string of the molecule is O=C1OC(=O)c2ccc(Br)c3c(Br)ccc1c23.O=C1OC(=O)c2ccc3c4c(ccc1c24)C(=O)OC3=O.[B]. The van der Waals surface area contributed by atoms with Crippen molar-refractivity contribution < 1.29 is 43.0 Å². The Kier molecular flexibility index (Phi) is 6.04. The van der Waals surface area contributed by atoms with Crippen molar-refractivity contribution in [3.63, 3.8) is 0 Å². The molecule has 0 atom stereocenters. The lowest BCUT2D eigenvalue weighted by atomic mass is 9.89. The predicted molar refractivity (Wildman–Crippen MR) is 138 cm³/mol. The summed E-state index contributed by atoms with van der Waals surface area (Å²) in [5, 5.41) is 1.98. The van der Waals surface area contributed by atoms with Crippen molar-refractivity contribution in [1.29, 1.82) is 0 Å². The number of carbonyl (C=O) groups is 6. The first-order valence-corrected chi connectivity index (χ1v) is 12.1. The fraction of sp³-hybridized carbons (Fsp3) is 0. The standard InChI is InChI=1S/C14H4O6.C12H4Br2O3.B/c15-11-5-1-2-6-10-8(14(18)20-12(6)16)4-3-7(9(5)10)13(17)19-11;13-7-3-1-5-9-6(12(16)17-11(5)15)2-4-8(14)10(7)9;/h1-4H;1-4H;. The molecule has 4 aromatic carbocycles. The largest absolute Gasteiger partial charge is 0.386 e. The van der Waals surface area contributed by atoms with Crippen molar-refractivity contribution in [2.45, 2.75) is 0 Å². The van der Waals surface area contributed by atoms with Crippen LogP contribution < -0.4 is 0 Å². The Morgan fingerprint density at radius 1 is 0.368 bits per heavy atom. The van der Waals surface area contributed by atoms with Crippen LogP contribution in [0.3, 0.4) is 0 Å². The maximum Gasteiger partial charge on any atom is 0.346 e. The lowest BCUT2D eigenvalue weighted by molar-refractivity contribution is 0.0366. The van der Waals surface area contributed by atoms with Crippen molar-refractivity contribution in [2.75, 3.05) is 0 Å². The van der Waals surface area contributed by atoms with Gasteiger partial charge in [0.05, 0.1) is 33.4 Å². The molecule has 12 heteroatoms. The van der Waals surface area contributed by atoms with E-state index in [1.807, 2.05) is 0 Å². The van der Waals surface area contributed by atoms with E-state index < -0.39 is 35.8 Å².